The molecule has 0 bridgehead atoms. The predicted molar refractivity (Wildman–Crippen MR) is 126 cm³/mol. The fraction of sp³-hybridized carbons (Fsp3) is 0.667. The maximum Gasteiger partial charge on any atom is 0.332 e. The van der Waals surface area contributed by atoms with Crippen molar-refractivity contribution in [3.63, 3.8) is 0 Å². The van der Waals surface area contributed by atoms with Gasteiger partial charge in [-0.15, -0.1) is 0 Å². The Hall–Kier alpha value is -1.69. The third-order valence-electron chi connectivity index (χ3n) is 7.18. The van der Waals surface area contributed by atoms with E-state index < -0.39 is 17.8 Å². The maximum atomic E-state index is 12.1. The second-order valence-electron chi connectivity index (χ2n) is 10.8. The molecule has 0 aromatic rings. The lowest BCUT2D eigenvalue weighted by Gasteiger charge is -2.42. The lowest BCUT2D eigenvalue weighted by Crippen LogP contribution is -2.35. The number of aliphatic hydroxyl groups is 2. The van der Waals surface area contributed by atoms with Crippen LogP contribution >= 0.6 is 0 Å². The highest BCUT2D eigenvalue weighted by molar-refractivity contribution is 5.71. The Labute approximate surface area is 192 Å². The van der Waals surface area contributed by atoms with Crippen molar-refractivity contribution in [1.82, 2.24) is 0 Å². The Bertz CT molecular complexity index is 827. The van der Waals surface area contributed by atoms with Crippen LogP contribution in [0.1, 0.15) is 73.1 Å². The largest absolute Gasteiger partial charge is 0.458 e. The van der Waals surface area contributed by atoms with Crippen molar-refractivity contribution in [1.29, 1.82) is 0 Å². The molecule has 5 heteroatoms. The van der Waals surface area contributed by atoms with E-state index in [2.05, 4.69) is 31.7 Å². The zero-order valence-corrected chi connectivity index (χ0v) is 20.3. The lowest BCUT2D eigenvalue weighted by molar-refractivity contribution is -0.161. The van der Waals surface area contributed by atoms with Gasteiger partial charge >= 0.3 is 5.97 Å². The first-order chi connectivity index (χ1) is 14.9. The highest BCUT2D eigenvalue weighted by atomic mass is 16.6. The van der Waals surface area contributed by atoms with E-state index in [0.29, 0.717) is 18.8 Å². The fourth-order valence-corrected chi connectivity index (χ4v) is 5.60. The normalized spacial score (nSPS) is 34.4. The summed E-state index contributed by atoms with van der Waals surface area (Å²) in [7, 11) is 0. The first kappa shape index (κ1) is 24.9. The first-order valence-corrected chi connectivity index (χ1v) is 11.9. The third-order valence-corrected chi connectivity index (χ3v) is 7.18. The topological polar surface area (TPSA) is 76.0 Å². The van der Waals surface area contributed by atoms with E-state index in [1.54, 1.807) is 0 Å². The van der Waals surface area contributed by atoms with E-state index in [-0.39, 0.29) is 24.1 Å². The van der Waals surface area contributed by atoms with Gasteiger partial charge in [-0.3, -0.25) is 0 Å². The van der Waals surface area contributed by atoms with Gasteiger partial charge in [0.15, 0.2) is 0 Å². The summed E-state index contributed by atoms with van der Waals surface area (Å²) in [6.45, 7) is 13.9. The fourth-order valence-electron chi connectivity index (χ4n) is 5.60. The minimum atomic E-state index is -0.664. The van der Waals surface area contributed by atoms with E-state index >= 15 is 0 Å². The van der Waals surface area contributed by atoms with E-state index in [1.807, 2.05) is 27.7 Å². The molecule has 32 heavy (non-hydrogen) atoms. The SMILES string of the molecule is C=C1C(=CC=C2CCC[C@]3(C)C([C@@H](C)OCC(=O)OC(C)(C)C)=CC[C@@H]23)CC(O)CC1O. The zero-order valence-electron chi connectivity index (χ0n) is 20.3. The molecule has 3 aliphatic carbocycles. The number of fused-ring (bicyclic) bond motifs is 1. The average Bonchev–Trinajstić information content (AvgIpc) is 3.04. The number of hydrogen-bond acceptors (Lipinski definition) is 5. The average molecular weight is 445 g/mol. The quantitative estimate of drug-likeness (QED) is 0.471. The number of carbonyl (C=O) groups excluding carboxylic acids is 1. The number of ether oxygens (including phenoxy) is 2. The van der Waals surface area contributed by atoms with E-state index in [4.69, 9.17) is 9.47 Å². The second-order valence-corrected chi connectivity index (χ2v) is 10.8. The number of allylic oxidation sites excluding steroid dienone is 4. The van der Waals surface area contributed by atoms with Crippen molar-refractivity contribution in [2.75, 3.05) is 6.61 Å². The summed E-state index contributed by atoms with van der Waals surface area (Å²) in [5.74, 6) is 0.0694. The van der Waals surface area contributed by atoms with Crippen LogP contribution < -0.4 is 0 Å². The van der Waals surface area contributed by atoms with Crippen LogP contribution in [0.25, 0.3) is 0 Å². The molecule has 0 heterocycles. The highest BCUT2D eigenvalue weighted by Gasteiger charge is 2.46. The predicted octanol–water partition coefficient (Wildman–Crippen LogP) is 4.79. The van der Waals surface area contributed by atoms with Gasteiger partial charge in [0, 0.05) is 6.42 Å². The molecule has 0 aliphatic heterocycles. The summed E-state index contributed by atoms with van der Waals surface area (Å²) >= 11 is 0. The molecule has 0 amide bonds. The van der Waals surface area contributed by atoms with Crippen LogP contribution in [-0.4, -0.2) is 46.7 Å². The van der Waals surface area contributed by atoms with Crippen LogP contribution in [0.4, 0.5) is 0 Å². The van der Waals surface area contributed by atoms with Crippen molar-refractivity contribution < 1.29 is 24.5 Å². The minimum Gasteiger partial charge on any atom is -0.458 e. The molecule has 0 aromatic carbocycles. The van der Waals surface area contributed by atoms with Gasteiger partial charge in [0.05, 0.1) is 18.3 Å². The molecule has 0 radical (unpaired) electrons. The van der Waals surface area contributed by atoms with Gasteiger partial charge < -0.3 is 19.7 Å². The summed E-state index contributed by atoms with van der Waals surface area (Å²) in [6.07, 6.45) is 10.3. The molecular weight excluding hydrogens is 404 g/mol. The molecule has 3 rings (SSSR count). The Balaban J connectivity index is 1.69. The van der Waals surface area contributed by atoms with Gasteiger partial charge in [0.2, 0.25) is 0 Å². The molecule has 2 N–H and O–H groups in total. The van der Waals surface area contributed by atoms with Crippen molar-refractivity contribution in [3.05, 3.63) is 47.1 Å². The standard InChI is InChI=1S/C27H40O5/c1-17-20(14-21(28)15-24(17)29)10-9-19-8-7-13-27(6)22(11-12-23(19)27)18(2)31-16-25(30)32-26(3,4)5/h9-11,18,21,23-24,28-29H,1,7-8,12-16H2,2-6H3/t18-,21?,23+,24?,27-/m1/s1. The summed E-state index contributed by atoms with van der Waals surface area (Å²) in [4.78, 5) is 12.1. The monoisotopic (exact) mass is 444 g/mol. The number of esters is 1. The van der Waals surface area contributed by atoms with Gasteiger partial charge in [0.1, 0.15) is 12.2 Å². The Morgan fingerprint density at radius 3 is 2.75 bits per heavy atom. The molecule has 178 valence electrons. The molecule has 0 saturated heterocycles. The van der Waals surface area contributed by atoms with E-state index in [0.717, 1.165) is 36.8 Å². The van der Waals surface area contributed by atoms with Crippen molar-refractivity contribution >= 4 is 5.97 Å². The zero-order chi connectivity index (χ0) is 23.7. The maximum absolute atomic E-state index is 12.1. The van der Waals surface area contributed by atoms with Crippen molar-refractivity contribution in [3.8, 4) is 0 Å². The molecule has 2 fully saturated rings. The minimum absolute atomic E-state index is 0.0124. The highest BCUT2D eigenvalue weighted by Crippen LogP contribution is 2.55. The van der Waals surface area contributed by atoms with Gasteiger partial charge in [0.25, 0.3) is 0 Å². The third kappa shape index (κ3) is 5.62. The van der Waals surface area contributed by atoms with Gasteiger partial charge in [-0.2, -0.15) is 0 Å². The number of aliphatic hydroxyl groups excluding tert-OH is 2. The molecule has 0 spiro atoms. The van der Waals surface area contributed by atoms with Gasteiger partial charge in [-0.25, -0.2) is 4.79 Å². The van der Waals surface area contributed by atoms with Crippen LogP contribution in [0.2, 0.25) is 0 Å². The summed E-state index contributed by atoms with van der Waals surface area (Å²) in [5.41, 5.74) is 3.84. The van der Waals surface area contributed by atoms with Gasteiger partial charge in [-0.05, 0) is 87.9 Å². The molecule has 5 atom stereocenters. The Kier molecular flexibility index (Phi) is 7.53. The molecular formula is C27H40O5. The van der Waals surface area contributed by atoms with Gasteiger partial charge in [-0.1, -0.05) is 37.3 Å². The van der Waals surface area contributed by atoms with Crippen LogP contribution in [-0.2, 0) is 14.3 Å². The first-order valence-electron chi connectivity index (χ1n) is 11.9. The van der Waals surface area contributed by atoms with Crippen LogP contribution in [0, 0.1) is 11.3 Å². The van der Waals surface area contributed by atoms with E-state index in [9.17, 15) is 15.0 Å². The molecule has 0 aromatic heterocycles. The number of carbonyl (C=O) groups is 1. The molecule has 2 saturated carbocycles. The van der Waals surface area contributed by atoms with Crippen LogP contribution in [0.3, 0.4) is 0 Å². The number of hydrogen-bond donors (Lipinski definition) is 2. The molecule has 5 nitrogen and oxygen atoms in total. The van der Waals surface area contributed by atoms with Crippen molar-refractivity contribution in [2.45, 2.75) is 97.1 Å². The molecule has 2 unspecified atom stereocenters. The lowest BCUT2D eigenvalue weighted by atomic mass is 9.63. The number of rotatable bonds is 5. The summed E-state index contributed by atoms with van der Waals surface area (Å²) < 4.78 is 11.3. The van der Waals surface area contributed by atoms with Crippen molar-refractivity contribution in [2.24, 2.45) is 11.3 Å². The smallest absolute Gasteiger partial charge is 0.332 e. The van der Waals surface area contributed by atoms with Crippen LogP contribution in [0.5, 0.6) is 0 Å². The van der Waals surface area contributed by atoms with Crippen LogP contribution in [0.15, 0.2) is 47.1 Å². The summed E-state index contributed by atoms with van der Waals surface area (Å²) in [5, 5.41) is 20.1. The Morgan fingerprint density at radius 1 is 1.34 bits per heavy atom. The van der Waals surface area contributed by atoms with E-state index in [1.165, 1.54) is 11.1 Å². The Morgan fingerprint density at radius 2 is 2.06 bits per heavy atom. The molecule has 3 aliphatic rings. The summed E-state index contributed by atoms with van der Waals surface area (Å²) in [6, 6.07) is 0. The second kappa shape index (κ2) is 9.66.